The lowest BCUT2D eigenvalue weighted by Gasteiger charge is -2.48. The number of carbonyl (C=O) groups excluding carboxylic acids is 2. The van der Waals surface area contributed by atoms with Gasteiger partial charge in [0.05, 0.1) is 23.7 Å². The van der Waals surface area contributed by atoms with Gasteiger partial charge in [0.1, 0.15) is 13.2 Å². The lowest BCUT2D eigenvalue weighted by atomic mass is 9.53. The zero-order valence-electron chi connectivity index (χ0n) is 17.9. The molecular formula is C24H22N2O8. The van der Waals surface area contributed by atoms with Crippen molar-refractivity contribution in [2.24, 2.45) is 35.5 Å². The van der Waals surface area contributed by atoms with Crippen molar-refractivity contribution in [3.63, 3.8) is 0 Å². The Hall–Kier alpha value is -4.08. The number of fused-ring (bicyclic) bond motifs is 2. The van der Waals surface area contributed by atoms with Crippen LogP contribution in [0.5, 0.6) is 0 Å². The minimum atomic E-state index is -1.33. The van der Waals surface area contributed by atoms with E-state index in [1.54, 1.807) is 36.7 Å². The van der Waals surface area contributed by atoms with Gasteiger partial charge in [0.2, 0.25) is 0 Å². The first-order chi connectivity index (χ1) is 16.4. The highest BCUT2D eigenvalue weighted by Crippen LogP contribution is 2.52. The smallest absolute Gasteiger partial charge is 0.310 e. The molecule has 2 heterocycles. The Morgan fingerprint density at radius 3 is 1.44 bits per heavy atom. The van der Waals surface area contributed by atoms with E-state index in [9.17, 15) is 29.4 Å². The van der Waals surface area contributed by atoms with Crippen molar-refractivity contribution in [1.29, 1.82) is 0 Å². The first-order valence-corrected chi connectivity index (χ1v) is 10.6. The number of pyridine rings is 2. The van der Waals surface area contributed by atoms with Gasteiger partial charge in [-0.25, -0.2) is 0 Å². The van der Waals surface area contributed by atoms with E-state index in [2.05, 4.69) is 9.97 Å². The maximum Gasteiger partial charge on any atom is 0.310 e. The van der Waals surface area contributed by atoms with Gasteiger partial charge in [-0.2, -0.15) is 0 Å². The van der Waals surface area contributed by atoms with Crippen molar-refractivity contribution in [3.05, 3.63) is 72.3 Å². The lowest BCUT2D eigenvalue weighted by molar-refractivity contribution is -0.183. The van der Waals surface area contributed by atoms with Crippen molar-refractivity contribution in [2.75, 3.05) is 0 Å². The van der Waals surface area contributed by atoms with Gasteiger partial charge in [-0.05, 0) is 12.1 Å². The van der Waals surface area contributed by atoms with Gasteiger partial charge < -0.3 is 19.7 Å². The molecule has 0 unspecified atom stereocenters. The molecule has 10 nitrogen and oxygen atoms in total. The Morgan fingerprint density at radius 2 is 1.12 bits per heavy atom. The number of carboxylic acids is 2. The van der Waals surface area contributed by atoms with Crippen molar-refractivity contribution in [3.8, 4) is 0 Å². The van der Waals surface area contributed by atoms with Crippen molar-refractivity contribution in [2.45, 2.75) is 13.2 Å². The molecule has 2 bridgehead atoms. The summed E-state index contributed by atoms with van der Waals surface area (Å²) in [5.74, 6) is -11.5. The van der Waals surface area contributed by atoms with Crippen LogP contribution in [0.4, 0.5) is 0 Å². The number of ether oxygens (including phenoxy) is 2. The summed E-state index contributed by atoms with van der Waals surface area (Å²) in [6.07, 6.45) is 9.13. The molecular weight excluding hydrogens is 444 g/mol. The van der Waals surface area contributed by atoms with E-state index in [4.69, 9.17) is 9.47 Å². The summed E-state index contributed by atoms with van der Waals surface area (Å²) in [6.45, 7) is -0.268. The van der Waals surface area contributed by atoms with Crippen LogP contribution < -0.4 is 0 Å². The average molecular weight is 466 g/mol. The largest absolute Gasteiger partial charge is 0.481 e. The number of carboxylic acid groups (broad SMARTS) is 2. The third-order valence-electron chi connectivity index (χ3n) is 6.31. The number of aliphatic carboxylic acids is 2. The molecule has 0 saturated heterocycles. The SMILES string of the molecule is O=C(O)[C@@H]1[C@H]2C=C[C@H]([C@H]1C(=O)OCc1cccnc1)[C@H](C(=O)O)[C@@H]2C(=O)OCc1cccnc1. The molecule has 3 aliphatic rings. The summed E-state index contributed by atoms with van der Waals surface area (Å²) < 4.78 is 10.7. The molecule has 0 radical (unpaired) electrons. The minimum Gasteiger partial charge on any atom is -0.481 e. The van der Waals surface area contributed by atoms with Gasteiger partial charge in [-0.15, -0.1) is 0 Å². The monoisotopic (exact) mass is 466 g/mol. The molecule has 0 aliphatic heterocycles. The van der Waals surface area contributed by atoms with Gasteiger partial charge in [-0.1, -0.05) is 24.3 Å². The third kappa shape index (κ3) is 4.52. The van der Waals surface area contributed by atoms with Crippen molar-refractivity contribution in [1.82, 2.24) is 9.97 Å². The number of hydrogen-bond donors (Lipinski definition) is 2. The molecule has 2 N–H and O–H groups in total. The minimum absolute atomic E-state index is 0.134. The maximum atomic E-state index is 13.0. The number of allylic oxidation sites excluding steroid dienone is 2. The highest BCUT2D eigenvalue weighted by atomic mass is 16.5. The quantitative estimate of drug-likeness (QED) is 0.434. The van der Waals surface area contributed by atoms with E-state index in [1.165, 1.54) is 24.5 Å². The Bertz CT molecular complexity index is 1020. The summed E-state index contributed by atoms with van der Waals surface area (Å²) in [4.78, 5) is 58.2. The number of hydrogen-bond acceptors (Lipinski definition) is 8. The van der Waals surface area contributed by atoms with Crippen LogP contribution in [0.3, 0.4) is 0 Å². The molecule has 3 aliphatic carbocycles. The highest BCUT2D eigenvalue weighted by Gasteiger charge is 2.61. The van der Waals surface area contributed by atoms with Crippen LogP contribution in [0.25, 0.3) is 0 Å². The standard InChI is InChI=1S/C24H22N2O8/c27-21(28)17-16-6-5-15(19(17)23(31)33-11-13-3-1-7-25-9-13)18(22(29)30)20(16)24(32)34-12-14-4-2-8-26-10-14/h1-10,15-20H,11-12H2,(H,27,28)(H,29,30)/t15-,16+,17+,18-,19-,20-/m1/s1. The zero-order chi connectivity index (χ0) is 24.2. The maximum absolute atomic E-state index is 13.0. The Labute approximate surface area is 194 Å². The number of rotatable bonds is 8. The molecule has 5 rings (SSSR count). The molecule has 6 atom stereocenters. The van der Waals surface area contributed by atoms with Crippen LogP contribution >= 0.6 is 0 Å². The lowest BCUT2D eigenvalue weighted by Crippen LogP contribution is -2.57. The number of esters is 2. The second-order valence-corrected chi connectivity index (χ2v) is 8.26. The summed E-state index contributed by atoms with van der Waals surface area (Å²) in [5.41, 5.74) is 1.21. The highest BCUT2D eigenvalue weighted by molar-refractivity contribution is 5.89. The fraction of sp³-hybridized carbons (Fsp3) is 0.333. The first-order valence-electron chi connectivity index (χ1n) is 10.6. The van der Waals surface area contributed by atoms with Crippen LogP contribution in [0, 0.1) is 35.5 Å². The Balaban J connectivity index is 1.57. The molecule has 1 saturated carbocycles. The van der Waals surface area contributed by atoms with Crippen LogP contribution in [0.1, 0.15) is 11.1 Å². The second-order valence-electron chi connectivity index (χ2n) is 8.26. The fourth-order valence-corrected chi connectivity index (χ4v) is 4.85. The van der Waals surface area contributed by atoms with E-state index in [1.807, 2.05) is 0 Å². The summed E-state index contributed by atoms with van der Waals surface area (Å²) >= 11 is 0. The molecule has 10 heteroatoms. The molecule has 0 aromatic carbocycles. The molecule has 0 amide bonds. The molecule has 2 aromatic rings. The fourth-order valence-electron chi connectivity index (χ4n) is 4.85. The van der Waals surface area contributed by atoms with Crippen LogP contribution in [-0.2, 0) is 41.9 Å². The second kappa shape index (κ2) is 9.82. The Kier molecular flexibility index (Phi) is 6.67. The van der Waals surface area contributed by atoms with Gasteiger partial charge in [0.25, 0.3) is 0 Å². The van der Waals surface area contributed by atoms with Gasteiger partial charge >= 0.3 is 23.9 Å². The molecule has 34 heavy (non-hydrogen) atoms. The van der Waals surface area contributed by atoms with Crippen LogP contribution in [0.15, 0.2) is 61.2 Å². The number of carbonyl (C=O) groups is 4. The molecule has 176 valence electrons. The number of nitrogens with zero attached hydrogens (tertiary/aromatic N) is 2. The van der Waals surface area contributed by atoms with E-state index in [0.29, 0.717) is 11.1 Å². The Morgan fingerprint density at radius 1 is 0.706 bits per heavy atom. The summed E-state index contributed by atoms with van der Waals surface area (Å²) in [6, 6.07) is 6.71. The average Bonchev–Trinajstić information content (AvgIpc) is 2.86. The normalized spacial score (nSPS) is 27.1. The van der Waals surface area contributed by atoms with E-state index >= 15 is 0 Å². The van der Waals surface area contributed by atoms with Crippen LogP contribution in [-0.4, -0.2) is 44.1 Å². The van der Waals surface area contributed by atoms with Gasteiger partial charge in [-0.3, -0.25) is 29.1 Å². The topological polar surface area (TPSA) is 153 Å². The predicted octanol–water partition coefficient (Wildman–Crippen LogP) is 1.71. The summed E-state index contributed by atoms with van der Waals surface area (Å²) in [5, 5.41) is 19.9. The first kappa shape index (κ1) is 23.1. The van der Waals surface area contributed by atoms with Gasteiger partial charge in [0, 0.05) is 47.8 Å². The molecule has 1 fully saturated rings. The van der Waals surface area contributed by atoms with Crippen molar-refractivity contribution >= 4 is 23.9 Å². The van der Waals surface area contributed by atoms with Gasteiger partial charge in [0.15, 0.2) is 0 Å². The van der Waals surface area contributed by atoms with E-state index in [0.717, 1.165) is 0 Å². The van der Waals surface area contributed by atoms with Crippen molar-refractivity contribution < 1.29 is 38.9 Å². The van der Waals surface area contributed by atoms with E-state index in [-0.39, 0.29) is 13.2 Å². The predicted molar refractivity (Wildman–Crippen MR) is 113 cm³/mol. The molecule has 2 aromatic heterocycles. The zero-order valence-corrected chi connectivity index (χ0v) is 17.9. The summed E-state index contributed by atoms with van der Waals surface area (Å²) in [7, 11) is 0. The molecule has 0 spiro atoms. The van der Waals surface area contributed by atoms with Crippen LogP contribution in [0.2, 0.25) is 0 Å². The third-order valence-corrected chi connectivity index (χ3v) is 6.31. The van der Waals surface area contributed by atoms with E-state index < -0.39 is 59.4 Å². The number of aromatic nitrogens is 2.